The van der Waals surface area contributed by atoms with E-state index in [2.05, 4.69) is 4.74 Å². The van der Waals surface area contributed by atoms with E-state index in [0.29, 0.717) is 6.42 Å². The number of ether oxygens (including phenoxy) is 3. The van der Waals surface area contributed by atoms with Crippen LogP contribution in [-0.2, 0) is 19.0 Å². The number of carbonyl (C=O) groups excluding carboxylic acids is 1. The van der Waals surface area contributed by atoms with Gasteiger partial charge in [-0.15, -0.1) is 0 Å². The van der Waals surface area contributed by atoms with Crippen LogP contribution in [0.1, 0.15) is 26.7 Å². The van der Waals surface area contributed by atoms with Gasteiger partial charge in [-0.2, -0.15) is 0 Å². The van der Waals surface area contributed by atoms with Crippen LogP contribution in [0.25, 0.3) is 0 Å². The fraction of sp³-hybridized carbons (Fsp3) is 0.900. The summed E-state index contributed by atoms with van der Waals surface area (Å²) in [4.78, 5) is 11.1. The van der Waals surface area contributed by atoms with Crippen molar-refractivity contribution in [2.24, 2.45) is 0 Å². The van der Waals surface area contributed by atoms with Gasteiger partial charge in [0.05, 0.1) is 32.3 Å². The molecule has 0 bridgehead atoms. The van der Waals surface area contributed by atoms with Crippen molar-refractivity contribution in [2.75, 3.05) is 13.7 Å². The molecule has 1 saturated heterocycles. The molecular formula is C10H18O5. The summed E-state index contributed by atoms with van der Waals surface area (Å²) in [6.45, 7) is 3.46. The zero-order valence-corrected chi connectivity index (χ0v) is 9.36. The highest BCUT2D eigenvalue weighted by molar-refractivity contribution is 5.69. The van der Waals surface area contributed by atoms with E-state index in [1.807, 2.05) is 0 Å². The van der Waals surface area contributed by atoms with Crippen LogP contribution >= 0.6 is 0 Å². The molecule has 0 aromatic heterocycles. The Hall–Kier alpha value is -0.650. The smallest absolute Gasteiger partial charge is 0.308 e. The summed E-state index contributed by atoms with van der Waals surface area (Å²) in [5, 5.41) is 9.04. The van der Waals surface area contributed by atoms with Crippen molar-refractivity contribution in [3.8, 4) is 0 Å². The lowest BCUT2D eigenvalue weighted by molar-refractivity contribution is -0.303. The molecular weight excluding hydrogens is 200 g/mol. The van der Waals surface area contributed by atoms with Crippen LogP contribution in [0.2, 0.25) is 0 Å². The molecule has 1 aliphatic heterocycles. The maximum Gasteiger partial charge on any atom is 0.308 e. The van der Waals surface area contributed by atoms with Gasteiger partial charge in [-0.25, -0.2) is 0 Å². The van der Waals surface area contributed by atoms with Crippen LogP contribution in [0.15, 0.2) is 0 Å². The summed E-state index contributed by atoms with van der Waals surface area (Å²) in [6, 6.07) is 0. The molecule has 1 heterocycles. The van der Waals surface area contributed by atoms with Crippen molar-refractivity contribution in [3.63, 3.8) is 0 Å². The summed E-state index contributed by atoms with van der Waals surface area (Å²) < 4.78 is 15.6. The van der Waals surface area contributed by atoms with Crippen LogP contribution < -0.4 is 0 Å². The van der Waals surface area contributed by atoms with Crippen LogP contribution in [0.4, 0.5) is 0 Å². The molecule has 1 rings (SSSR count). The summed E-state index contributed by atoms with van der Waals surface area (Å²) in [6.07, 6.45) is 0.177. The van der Waals surface area contributed by atoms with E-state index in [1.165, 1.54) is 7.11 Å². The van der Waals surface area contributed by atoms with Gasteiger partial charge in [0.2, 0.25) is 0 Å². The second-order valence-electron chi connectivity index (χ2n) is 4.08. The van der Waals surface area contributed by atoms with Crippen LogP contribution in [-0.4, -0.2) is 42.8 Å². The minimum atomic E-state index is -0.760. The highest BCUT2D eigenvalue weighted by Crippen LogP contribution is 2.28. The lowest BCUT2D eigenvalue weighted by Crippen LogP contribution is -2.46. The maximum absolute atomic E-state index is 11.1. The van der Waals surface area contributed by atoms with Crippen LogP contribution in [0.3, 0.4) is 0 Å². The maximum atomic E-state index is 11.1. The van der Waals surface area contributed by atoms with Gasteiger partial charge in [0, 0.05) is 6.42 Å². The predicted molar refractivity (Wildman–Crippen MR) is 52.2 cm³/mol. The van der Waals surface area contributed by atoms with E-state index in [9.17, 15) is 4.79 Å². The normalized spacial score (nSPS) is 29.9. The number of aliphatic hydroxyl groups is 1. The molecule has 1 aliphatic rings. The molecule has 1 fully saturated rings. The third-order valence-corrected chi connectivity index (χ3v) is 2.25. The average Bonchev–Trinajstić information content (AvgIpc) is 2.15. The lowest BCUT2D eigenvalue weighted by atomic mass is 10.1. The number of rotatable bonds is 3. The molecule has 0 aliphatic carbocycles. The summed E-state index contributed by atoms with van der Waals surface area (Å²) >= 11 is 0. The second-order valence-corrected chi connectivity index (χ2v) is 4.08. The van der Waals surface area contributed by atoms with E-state index < -0.39 is 5.79 Å². The van der Waals surface area contributed by atoms with Crippen molar-refractivity contribution in [1.82, 2.24) is 0 Å². The second kappa shape index (κ2) is 4.92. The summed E-state index contributed by atoms with van der Waals surface area (Å²) in [5.41, 5.74) is 0. The van der Waals surface area contributed by atoms with Gasteiger partial charge >= 0.3 is 5.97 Å². The van der Waals surface area contributed by atoms with E-state index in [1.54, 1.807) is 13.8 Å². The van der Waals surface area contributed by atoms with Crippen molar-refractivity contribution in [3.05, 3.63) is 0 Å². The molecule has 0 aromatic rings. The number of carbonyl (C=O) groups is 1. The summed E-state index contributed by atoms with van der Waals surface area (Å²) in [7, 11) is 1.34. The monoisotopic (exact) mass is 218 g/mol. The van der Waals surface area contributed by atoms with Crippen molar-refractivity contribution in [2.45, 2.75) is 44.7 Å². The predicted octanol–water partition coefficient (Wildman–Crippen LogP) is 0.452. The number of esters is 1. The van der Waals surface area contributed by atoms with E-state index >= 15 is 0 Å². The Morgan fingerprint density at radius 3 is 2.60 bits per heavy atom. The molecule has 1 N–H and O–H groups in total. The Bertz CT molecular complexity index is 226. The van der Waals surface area contributed by atoms with E-state index in [4.69, 9.17) is 14.6 Å². The minimum absolute atomic E-state index is 0.0650. The zero-order chi connectivity index (χ0) is 11.5. The molecule has 0 saturated carbocycles. The molecule has 88 valence electrons. The highest BCUT2D eigenvalue weighted by atomic mass is 16.7. The third kappa shape index (κ3) is 3.77. The largest absolute Gasteiger partial charge is 0.469 e. The topological polar surface area (TPSA) is 65.0 Å². The number of aliphatic hydroxyl groups excluding tert-OH is 1. The Morgan fingerprint density at radius 2 is 2.07 bits per heavy atom. The Balaban J connectivity index is 2.54. The standard InChI is InChI=1S/C10H18O5/c1-10(2)14-7(5-9(12)13-3)4-8(6-11)15-10/h7-8,11H,4-6H2,1-3H3/t7-,8+/m1/s1. The van der Waals surface area contributed by atoms with E-state index in [0.717, 1.165) is 0 Å². The third-order valence-electron chi connectivity index (χ3n) is 2.25. The van der Waals surface area contributed by atoms with Gasteiger partial charge in [-0.3, -0.25) is 4.79 Å². The number of methoxy groups -OCH3 is 1. The fourth-order valence-corrected chi connectivity index (χ4v) is 1.73. The summed E-state index contributed by atoms with van der Waals surface area (Å²) in [5.74, 6) is -1.07. The minimum Gasteiger partial charge on any atom is -0.469 e. The first-order chi connectivity index (χ1) is 6.96. The van der Waals surface area contributed by atoms with Gasteiger partial charge in [0.15, 0.2) is 5.79 Å². The zero-order valence-electron chi connectivity index (χ0n) is 9.36. The van der Waals surface area contributed by atoms with Crippen LogP contribution in [0, 0.1) is 0 Å². The van der Waals surface area contributed by atoms with Gasteiger partial charge in [-0.1, -0.05) is 0 Å². The molecule has 2 atom stereocenters. The Kier molecular flexibility index (Phi) is 4.07. The average molecular weight is 218 g/mol. The van der Waals surface area contributed by atoms with Gasteiger partial charge in [0.1, 0.15) is 0 Å². The molecule has 0 spiro atoms. The first-order valence-corrected chi connectivity index (χ1v) is 5.00. The van der Waals surface area contributed by atoms with Gasteiger partial charge < -0.3 is 19.3 Å². The van der Waals surface area contributed by atoms with Crippen molar-refractivity contribution < 1.29 is 24.1 Å². The number of hydrogen-bond acceptors (Lipinski definition) is 5. The van der Waals surface area contributed by atoms with Crippen molar-refractivity contribution in [1.29, 1.82) is 0 Å². The van der Waals surface area contributed by atoms with Gasteiger partial charge in [-0.05, 0) is 13.8 Å². The Morgan fingerprint density at radius 1 is 1.47 bits per heavy atom. The quantitative estimate of drug-likeness (QED) is 0.697. The fourth-order valence-electron chi connectivity index (χ4n) is 1.73. The van der Waals surface area contributed by atoms with E-state index in [-0.39, 0.29) is 31.2 Å². The molecule has 5 nitrogen and oxygen atoms in total. The lowest BCUT2D eigenvalue weighted by Gasteiger charge is -2.39. The number of hydrogen-bond donors (Lipinski definition) is 1. The molecule has 15 heavy (non-hydrogen) atoms. The molecule has 0 amide bonds. The molecule has 0 aromatic carbocycles. The Labute approximate surface area is 89.3 Å². The highest BCUT2D eigenvalue weighted by Gasteiger charge is 2.36. The molecule has 0 radical (unpaired) electrons. The van der Waals surface area contributed by atoms with Crippen LogP contribution in [0.5, 0.6) is 0 Å². The first kappa shape index (κ1) is 12.4. The van der Waals surface area contributed by atoms with Gasteiger partial charge in [0.25, 0.3) is 0 Å². The SMILES string of the molecule is COC(=O)C[C@H]1C[C@@H](CO)OC(C)(C)O1. The van der Waals surface area contributed by atoms with Crippen molar-refractivity contribution >= 4 is 5.97 Å². The molecule has 0 unspecified atom stereocenters. The first-order valence-electron chi connectivity index (χ1n) is 5.00. The molecule has 5 heteroatoms.